The van der Waals surface area contributed by atoms with Gasteiger partial charge in [-0.05, 0) is 29.8 Å². The van der Waals surface area contributed by atoms with Crippen LogP contribution in [0.2, 0.25) is 5.02 Å². The fraction of sp³-hybridized carbons (Fsp3) is 0. The van der Waals surface area contributed by atoms with Crippen molar-refractivity contribution in [2.45, 2.75) is 0 Å². The Morgan fingerprint density at radius 2 is 1.94 bits per heavy atom. The van der Waals surface area contributed by atoms with E-state index in [0.29, 0.717) is 5.02 Å². The summed E-state index contributed by atoms with van der Waals surface area (Å²) in [6.07, 6.45) is 1.49. The second-order valence-electron chi connectivity index (χ2n) is 3.55. The molecule has 18 heavy (non-hydrogen) atoms. The highest BCUT2D eigenvalue weighted by Crippen LogP contribution is 2.15. The van der Waals surface area contributed by atoms with E-state index in [1.165, 1.54) is 12.3 Å². The summed E-state index contributed by atoms with van der Waals surface area (Å²) in [5.41, 5.74) is 3.37. The van der Waals surface area contributed by atoms with Crippen LogP contribution in [0, 0.1) is 11.6 Å². The van der Waals surface area contributed by atoms with E-state index >= 15 is 0 Å². The lowest BCUT2D eigenvalue weighted by molar-refractivity contribution is 0.585. The topological polar surface area (TPSA) is 24.4 Å². The zero-order valence-electron chi connectivity index (χ0n) is 9.20. The number of anilines is 1. The van der Waals surface area contributed by atoms with Gasteiger partial charge in [0.25, 0.3) is 0 Å². The molecule has 1 N–H and O–H groups in total. The van der Waals surface area contributed by atoms with Crippen LogP contribution in [0.3, 0.4) is 0 Å². The number of rotatable bonds is 3. The van der Waals surface area contributed by atoms with Crippen LogP contribution in [0.4, 0.5) is 14.5 Å². The normalized spacial score (nSPS) is 10.8. The Labute approximate surface area is 108 Å². The van der Waals surface area contributed by atoms with Gasteiger partial charge in [0.15, 0.2) is 5.82 Å². The molecule has 2 aromatic rings. The summed E-state index contributed by atoms with van der Waals surface area (Å²) in [6, 6.07) is 10.3. The summed E-state index contributed by atoms with van der Waals surface area (Å²) in [5, 5.41) is 4.44. The lowest BCUT2D eigenvalue weighted by atomic mass is 10.2. The number of nitrogens with zero attached hydrogens (tertiary/aromatic N) is 1. The van der Waals surface area contributed by atoms with Crippen LogP contribution in [0.25, 0.3) is 0 Å². The molecular weight excluding hydrogens is 258 g/mol. The van der Waals surface area contributed by atoms with Gasteiger partial charge in [-0.3, -0.25) is 5.43 Å². The van der Waals surface area contributed by atoms with Crippen molar-refractivity contribution < 1.29 is 8.78 Å². The van der Waals surface area contributed by atoms with Crippen molar-refractivity contribution in [3.05, 3.63) is 64.7 Å². The van der Waals surface area contributed by atoms with Crippen LogP contribution >= 0.6 is 11.6 Å². The van der Waals surface area contributed by atoms with E-state index in [4.69, 9.17) is 11.6 Å². The standard InChI is InChI=1S/C13H9ClF2N2/c14-10-3-1-2-9(6-10)8-17-18-13-5-4-11(15)7-12(13)16/h1-8,18H. The molecule has 0 bridgehead atoms. The lowest BCUT2D eigenvalue weighted by Gasteiger charge is -2.01. The number of hydrogen-bond acceptors (Lipinski definition) is 2. The van der Waals surface area contributed by atoms with Crippen molar-refractivity contribution in [2.24, 2.45) is 5.10 Å². The van der Waals surface area contributed by atoms with Crippen LogP contribution in [0.15, 0.2) is 47.6 Å². The van der Waals surface area contributed by atoms with Crippen LogP contribution in [-0.2, 0) is 0 Å². The van der Waals surface area contributed by atoms with Crippen molar-refractivity contribution in [2.75, 3.05) is 5.43 Å². The Morgan fingerprint density at radius 1 is 1.11 bits per heavy atom. The average Bonchev–Trinajstić information content (AvgIpc) is 2.32. The van der Waals surface area contributed by atoms with Gasteiger partial charge in [-0.2, -0.15) is 5.10 Å². The van der Waals surface area contributed by atoms with Gasteiger partial charge in [0.05, 0.1) is 11.9 Å². The van der Waals surface area contributed by atoms with E-state index in [-0.39, 0.29) is 5.69 Å². The van der Waals surface area contributed by atoms with E-state index in [1.807, 2.05) is 0 Å². The first-order valence-electron chi connectivity index (χ1n) is 5.15. The molecule has 0 aromatic heterocycles. The van der Waals surface area contributed by atoms with Gasteiger partial charge >= 0.3 is 0 Å². The first-order chi connectivity index (χ1) is 8.65. The summed E-state index contributed by atoms with van der Waals surface area (Å²) in [5.74, 6) is -1.32. The minimum absolute atomic E-state index is 0.106. The molecule has 2 aromatic carbocycles. The SMILES string of the molecule is Fc1ccc(NN=Cc2cccc(Cl)c2)c(F)c1. The zero-order chi connectivity index (χ0) is 13.0. The molecule has 0 fully saturated rings. The third kappa shape index (κ3) is 3.28. The minimum Gasteiger partial charge on any atom is -0.276 e. The van der Waals surface area contributed by atoms with Crippen molar-refractivity contribution in [1.82, 2.24) is 0 Å². The Bertz CT molecular complexity index is 585. The van der Waals surface area contributed by atoms with Crippen LogP contribution < -0.4 is 5.43 Å². The van der Waals surface area contributed by atoms with E-state index < -0.39 is 11.6 Å². The van der Waals surface area contributed by atoms with Crippen molar-refractivity contribution >= 4 is 23.5 Å². The Balaban J connectivity index is 2.07. The highest BCUT2D eigenvalue weighted by molar-refractivity contribution is 6.30. The predicted molar refractivity (Wildman–Crippen MR) is 69.0 cm³/mol. The van der Waals surface area contributed by atoms with Crippen molar-refractivity contribution in [3.63, 3.8) is 0 Å². The number of nitrogens with one attached hydrogen (secondary N) is 1. The quantitative estimate of drug-likeness (QED) is 0.657. The van der Waals surface area contributed by atoms with Crippen molar-refractivity contribution in [3.8, 4) is 0 Å². The third-order valence-electron chi connectivity index (χ3n) is 2.18. The highest BCUT2D eigenvalue weighted by atomic mass is 35.5. The van der Waals surface area contributed by atoms with Crippen molar-refractivity contribution in [1.29, 1.82) is 0 Å². The molecule has 0 atom stereocenters. The van der Waals surface area contributed by atoms with Gasteiger partial charge < -0.3 is 0 Å². The summed E-state index contributed by atoms with van der Waals surface area (Å²) in [4.78, 5) is 0. The van der Waals surface area contributed by atoms with Gasteiger partial charge in [-0.1, -0.05) is 23.7 Å². The number of hydrazone groups is 1. The van der Waals surface area contributed by atoms with Crippen LogP contribution in [-0.4, -0.2) is 6.21 Å². The molecule has 0 spiro atoms. The molecule has 2 rings (SSSR count). The maximum absolute atomic E-state index is 13.2. The van der Waals surface area contributed by atoms with Crippen LogP contribution in [0.1, 0.15) is 5.56 Å². The molecule has 0 aliphatic heterocycles. The molecular formula is C13H9ClF2N2. The van der Waals surface area contributed by atoms with E-state index in [2.05, 4.69) is 10.5 Å². The van der Waals surface area contributed by atoms with Gasteiger partial charge in [0.1, 0.15) is 5.82 Å². The predicted octanol–water partition coefficient (Wildman–Crippen LogP) is 4.06. The van der Waals surface area contributed by atoms with Gasteiger partial charge in [-0.15, -0.1) is 0 Å². The number of benzene rings is 2. The first kappa shape index (κ1) is 12.5. The van der Waals surface area contributed by atoms with Crippen LogP contribution in [0.5, 0.6) is 0 Å². The highest BCUT2D eigenvalue weighted by Gasteiger charge is 2.01. The molecule has 0 amide bonds. The zero-order valence-corrected chi connectivity index (χ0v) is 9.96. The third-order valence-corrected chi connectivity index (χ3v) is 2.41. The summed E-state index contributed by atoms with van der Waals surface area (Å²) in [7, 11) is 0. The maximum Gasteiger partial charge on any atom is 0.151 e. The maximum atomic E-state index is 13.2. The summed E-state index contributed by atoms with van der Waals surface area (Å²) < 4.78 is 25.9. The monoisotopic (exact) mass is 266 g/mol. The Morgan fingerprint density at radius 3 is 2.67 bits per heavy atom. The smallest absolute Gasteiger partial charge is 0.151 e. The molecule has 0 aliphatic carbocycles. The molecule has 0 unspecified atom stereocenters. The molecule has 2 nitrogen and oxygen atoms in total. The summed E-state index contributed by atoms with van der Waals surface area (Å²) in [6.45, 7) is 0. The first-order valence-corrected chi connectivity index (χ1v) is 5.52. The molecule has 0 radical (unpaired) electrons. The summed E-state index contributed by atoms with van der Waals surface area (Å²) >= 11 is 5.80. The average molecular weight is 267 g/mol. The van der Waals surface area contributed by atoms with E-state index in [0.717, 1.165) is 17.7 Å². The molecule has 0 saturated heterocycles. The van der Waals surface area contributed by atoms with E-state index in [1.54, 1.807) is 24.3 Å². The largest absolute Gasteiger partial charge is 0.276 e. The van der Waals surface area contributed by atoms with Gasteiger partial charge in [0.2, 0.25) is 0 Å². The number of hydrogen-bond donors (Lipinski definition) is 1. The molecule has 0 heterocycles. The molecule has 92 valence electrons. The fourth-order valence-electron chi connectivity index (χ4n) is 1.34. The van der Waals surface area contributed by atoms with Gasteiger partial charge in [-0.25, -0.2) is 8.78 Å². The fourth-order valence-corrected chi connectivity index (χ4v) is 1.54. The van der Waals surface area contributed by atoms with E-state index in [9.17, 15) is 8.78 Å². The molecule has 5 heteroatoms. The second-order valence-corrected chi connectivity index (χ2v) is 3.99. The van der Waals surface area contributed by atoms with Gasteiger partial charge in [0, 0.05) is 11.1 Å². The minimum atomic E-state index is -0.696. The number of halogens is 3. The Hall–Kier alpha value is -1.94. The Kier molecular flexibility index (Phi) is 3.89. The molecule has 0 aliphatic rings. The second kappa shape index (κ2) is 5.60. The lowest BCUT2D eigenvalue weighted by Crippen LogP contribution is -1.94. The molecule has 0 saturated carbocycles.